The second-order valence-corrected chi connectivity index (χ2v) is 6.31. The molecule has 0 unspecified atom stereocenters. The van der Waals surface area contributed by atoms with Crippen molar-refractivity contribution in [3.63, 3.8) is 0 Å². The SMILES string of the molecule is CN(C)Cc1ccccc1NCc1ccc(Br)cc1Cl. The smallest absolute Gasteiger partial charge is 0.0467 e. The maximum absolute atomic E-state index is 6.24. The van der Waals surface area contributed by atoms with E-state index in [0.717, 1.165) is 33.8 Å². The summed E-state index contributed by atoms with van der Waals surface area (Å²) in [6, 6.07) is 14.3. The van der Waals surface area contributed by atoms with Gasteiger partial charge in [-0.15, -0.1) is 0 Å². The van der Waals surface area contributed by atoms with Gasteiger partial charge in [0.25, 0.3) is 0 Å². The van der Waals surface area contributed by atoms with Gasteiger partial charge in [0, 0.05) is 28.3 Å². The van der Waals surface area contributed by atoms with Crippen LogP contribution in [0.5, 0.6) is 0 Å². The lowest BCUT2D eigenvalue weighted by molar-refractivity contribution is 0.403. The minimum atomic E-state index is 0.719. The van der Waals surface area contributed by atoms with Crippen molar-refractivity contribution >= 4 is 33.2 Å². The molecule has 0 saturated carbocycles. The van der Waals surface area contributed by atoms with E-state index < -0.39 is 0 Å². The Labute approximate surface area is 133 Å². The molecule has 106 valence electrons. The van der Waals surface area contributed by atoms with Crippen molar-refractivity contribution in [3.8, 4) is 0 Å². The minimum absolute atomic E-state index is 0.719. The van der Waals surface area contributed by atoms with Crippen molar-refractivity contribution < 1.29 is 0 Å². The number of halogens is 2. The largest absolute Gasteiger partial charge is 0.381 e. The van der Waals surface area contributed by atoms with Crippen LogP contribution in [0.2, 0.25) is 5.02 Å². The van der Waals surface area contributed by atoms with Gasteiger partial charge < -0.3 is 10.2 Å². The standard InChI is InChI=1S/C16H18BrClN2/c1-20(2)11-13-5-3-4-6-16(13)19-10-12-7-8-14(17)9-15(12)18/h3-9,19H,10-11H2,1-2H3. The summed E-state index contributed by atoms with van der Waals surface area (Å²) in [6.07, 6.45) is 0. The fourth-order valence-corrected chi connectivity index (χ4v) is 2.77. The molecule has 2 rings (SSSR count). The van der Waals surface area contributed by atoms with E-state index in [1.807, 2.05) is 24.3 Å². The van der Waals surface area contributed by atoms with Crippen molar-refractivity contribution in [2.75, 3.05) is 19.4 Å². The van der Waals surface area contributed by atoms with Gasteiger partial charge in [0.1, 0.15) is 0 Å². The zero-order valence-corrected chi connectivity index (χ0v) is 14.0. The Kier molecular flexibility index (Phi) is 5.46. The van der Waals surface area contributed by atoms with Gasteiger partial charge in [-0.3, -0.25) is 0 Å². The Morgan fingerprint density at radius 1 is 1.10 bits per heavy atom. The summed E-state index contributed by atoms with van der Waals surface area (Å²) >= 11 is 9.66. The highest BCUT2D eigenvalue weighted by molar-refractivity contribution is 9.10. The second-order valence-electron chi connectivity index (χ2n) is 4.98. The first-order valence-electron chi connectivity index (χ1n) is 6.46. The molecule has 0 aliphatic rings. The highest BCUT2D eigenvalue weighted by Gasteiger charge is 2.05. The Morgan fingerprint density at radius 3 is 2.55 bits per heavy atom. The molecule has 0 saturated heterocycles. The van der Waals surface area contributed by atoms with Crippen LogP contribution in [-0.2, 0) is 13.1 Å². The molecule has 4 heteroatoms. The van der Waals surface area contributed by atoms with E-state index in [0.29, 0.717) is 0 Å². The highest BCUT2D eigenvalue weighted by atomic mass is 79.9. The third-order valence-electron chi connectivity index (χ3n) is 2.99. The molecule has 0 aliphatic heterocycles. The van der Waals surface area contributed by atoms with Crippen LogP contribution in [-0.4, -0.2) is 19.0 Å². The van der Waals surface area contributed by atoms with Crippen LogP contribution in [0.1, 0.15) is 11.1 Å². The zero-order chi connectivity index (χ0) is 14.5. The fourth-order valence-electron chi connectivity index (χ4n) is 2.03. The van der Waals surface area contributed by atoms with Crippen molar-refractivity contribution in [1.82, 2.24) is 4.90 Å². The zero-order valence-electron chi connectivity index (χ0n) is 11.7. The van der Waals surface area contributed by atoms with Crippen LogP contribution >= 0.6 is 27.5 Å². The Bertz CT molecular complexity index is 584. The molecule has 0 atom stereocenters. The van der Waals surface area contributed by atoms with E-state index >= 15 is 0 Å². The molecule has 0 spiro atoms. The maximum atomic E-state index is 6.24. The van der Waals surface area contributed by atoms with Gasteiger partial charge in [-0.2, -0.15) is 0 Å². The summed E-state index contributed by atoms with van der Waals surface area (Å²) in [7, 11) is 4.14. The second kappa shape index (κ2) is 7.11. The lowest BCUT2D eigenvalue weighted by atomic mass is 10.1. The fraction of sp³-hybridized carbons (Fsp3) is 0.250. The van der Waals surface area contributed by atoms with Crippen LogP contribution in [0.15, 0.2) is 46.9 Å². The first-order valence-corrected chi connectivity index (χ1v) is 7.64. The molecular formula is C16H18BrClN2. The van der Waals surface area contributed by atoms with Crippen LogP contribution in [0.4, 0.5) is 5.69 Å². The predicted molar refractivity (Wildman–Crippen MR) is 90.3 cm³/mol. The number of benzene rings is 2. The van der Waals surface area contributed by atoms with E-state index in [1.54, 1.807) is 0 Å². The van der Waals surface area contributed by atoms with Gasteiger partial charge >= 0.3 is 0 Å². The average molecular weight is 354 g/mol. The lowest BCUT2D eigenvalue weighted by Gasteiger charge is -2.16. The first kappa shape index (κ1) is 15.4. The van der Waals surface area contributed by atoms with E-state index in [1.165, 1.54) is 5.56 Å². The maximum Gasteiger partial charge on any atom is 0.0467 e. The number of nitrogens with one attached hydrogen (secondary N) is 1. The van der Waals surface area contributed by atoms with Gasteiger partial charge in [0.15, 0.2) is 0 Å². The third-order valence-corrected chi connectivity index (χ3v) is 3.83. The van der Waals surface area contributed by atoms with Crippen molar-refractivity contribution in [2.45, 2.75) is 13.1 Å². The Balaban J connectivity index is 2.10. The van der Waals surface area contributed by atoms with Crippen molar-refractivity contribution in [2.24, 2.45) is 0 Å². The predicted octanol–water partition coefficient (Wildman–Crippen LogP) is 4.78. The number of hydrogen-bond donors (Lipinski definition) is 1. The van der Waals surface area contributed by atoms with Gasteiger partial charge in [-0.05, 0) is 43.4 Å². The van der Waals surface area contributed by atoms with Crippen LogP contribution in [0.25, 0.3) is 0 Å². The first-order chi connectivity index (χ1) is 9.56. The molecule has 0 bridgehead atoms. The molecule has 0 heterocycles. The molecule has 20 heavy (non-hydrogen) atoms. The van der Waals surface area contributed by atoms with Crippen molar-refractivity contribution in [3.05, 3.63) is 63.1 Å². The Hall–Kier alpha value is -1.03. The van der Waals surface area contributed by atoms with Gasteiger partial charge in [0.2, 0.25) is 0 Å². The topological polar surface area (TPSA) is 15.3 Å². The van der Waals surface area contributed by atoms with E-state index in [9.17, 15) is 0 Å². The monoisotopic (exact) mass is 352 g/mol. The van der Waals surface area contributed by atoms with E-state index in [4.69, 9.17) is 11.6 Å². The van der Waals surface area contributed by atoms with E-state index in [2.05, 4.69) is 58.4 Å². The number of anilines is 1. The third kappa shape index (κ3) is 4.23. The van der Waals surface area contributed by atoms with Gasteiger partial charge in [-0.25, -0.2) is 0 Å². The average Bonchev–Trinajstić information content (AvgIpc) is 2.39. The number of rotatable bonds is 5. The molecule has 0 aliphatic carbocycles. The van der Waals surface area contributed by atoms with Crippen LogP contribution in [0.3, 0.4) is 0 Å². The normalized spacial score (nSPS) is 10.8. The van der Waals surface area contributed by atoms with Gasteiger partial charge in [0.05, 0.1) is 0 Å². The summed E-state index contributed by atoms with van der Waals surface area (Å²) in [6.45, 7) is 1.63. The highest BCUT2D eigenvalue weighted by Crippen LogP contribution is 2.23. The number of hydrogen-bond acceptors (Lipinski definition) is 2. The molecule has 0 amide bonds. The molecule has 2 nitrogen and oxygen atoms in total. The van der Waals surface area contributed by atoms with Crippen LogP contribution < -0.4 is 5.32 Å². The Morgan fingerprint density at radius 2 is 1.85 bits per heavy atom. The molecular weight excluding hydrogens is 336 g/mol. The number of para-hydroxylation sites is 1. The molecule has 0 radical (unpaired) electrons. The molecule has 0 fully saturated rings. The quantitative estimate of drug-likeness (QED) is 0.832. The minimum Gasteiger partial charge on any atom is -0.381 e. The lowest BCUT2D eigenvalue weighted by Crippen LogP contribution is -2.13. The van der Waals surface area contributed by atoms with Crippen molar-refractivity contribution in [1.29, 1.82) is 0 Å². The molecule has 1 N–H and O–H groups in total. The summed E-state index contributed by atoms with van der Waals surface area (Å²) < 4.78 is 0.999. The molecule has 2 aromatic rings. The number of nitrogens with zero attached hydrogens (tertiary/aromatic N) is 1. The van der Waals surface area contributed by atoms with E-state index in [-0.39, 0.29) is 0 Å². The summed E-state index contributed by atoms with van der Waals surface area (Å²) in [5.74, 6) is 0. The summed E-state index contributed by atoms with van der Waals surface area (Å²) in [4.78, 5) is 2.16. The summed E-state index contributed by atoms with van der Waals surface area (Å²) in [5.41, 5.74) is 3.53. The summed E-state index contributed by atoms with van der Waals surface area (Å²) in [5, 5.41) is 4.24. The van der Waals surface area contributed by atoms with Gasteiger partial charge in [-0.1, -0.05) is 51.8 Å². The van der Waals surface area contributed by atoms with Crippen LogP contribution in [0, 0.1) is 0 Å². The molecule has 0 aromatic heterocycles. The molecule has 2 aromatic carbocycles.